The number of hydrogen-bond donors (Lipinski definition) is 3. The number of halogens is 1. The fourth-order valence-corrected chi connectivity index (χ4v) is 4.97. The molecule has 9 heteroatoms. The standard InChI is InChI=1S/C26H24ClN5O2S/c1-16-22(24(33)28-15-17-9-3-2-8-14-35-17)23(18-10-4-5-11-19(18)27)31-25(29-16)32-26-30-20-12-6-7-13-21(20)34-26/h4-14,23H,2-3,15H2,1H3,(H,28,33)(H2,29,30,31,32). The van der Waals surface area contributed by atoms with Crippen molar-refractivity contribution in [1.82, 2.24) is 15.6 Å². The second kappa shape index (κ2) is 10.4. The second-order valence-corrected chi connectivity index (χ2v) is 9.54. The lowest BCUT2D eigenvalue weighted by atomic mass is 9.95. The largest absolute Gasteiger partial charge is 0.423 e. The predicted molar refractivity (Wildman–Crippen MR) is 142 cm³/mol. The minimum Gasteiger partial charge on any atom is -0.423 e. The summed E-state index contributed by atoms with van der Waals surface area (Å²) < 4.78 is 5.78. The van der Waals surface area contributed by atoms with Crippen LogP contribution in [0.25, 0.3) is 11.1 Å². The third-order valence-electron chi connectivity index (χ3n) is 5.65. The number of rotatable bonds is 5. The molecule has 2 aromatic carbocycles. The summed E-state index contributed by atoms with van der Waals surface area (Å²) in [6, 6.07) is 14.6. The highest BCUT2D eigenvalue weighted by atomic mass is 35.5. The highest BCUT2D eigenvalue weighted by molar-refractivity contribution is 8.05. The molecule has 5 rings (SSSR count). The summed E-state index contributed by atoms with van der Waals surface area (Å²) in [5, 5.41) is 12.0. The number of aliphatic imine (C=N–C) groups is 1. The van der Waals surface area contributed by atoms with Crippen LogP contribution in [0, 0.1) is 0 Å². The van der Waals surface area contributed by atoms with E-state index >= 15 is 0 Å². The maximum absolute atomic E-state index is 13.4. The van der Waals surface area contributed by atoms with Gasteiger partial charge in [0.1, 0.15) is 11.6 Å². The fraction of sp³-hybridized carbons (Fsp3) is 0.192. The minimum atomic E-state index is -0.604. The molecule has 0 saturated heterocycles. The summed E-state index contributed by atoms with van der Waals surface area (Å²) >= 11 is 8.17. The van der Waals surface area contributed by atoms with E-state index in [4.69, 9.17) is 21.0 Å². The van der Waals surface area contributed by atoms with Gasteiger partial charge in [0.05, 0.1) is 5.57 Å². The fourth-order valence-electron chi connectivity index (χ4n) is 3.95. The van der Waals surface area contributed by atoms with Crippen molar-refractivity contribution < 1.29 is 9.21 Å². The van der Waals surface area contributed by atoms with E-state index in [1.165, 1.54) is 0 Å². The Morgan fingerprint density at radius 3 is 2.89 bits per heavy atom. The van der Waals surface area contributed by atoms with E-state index in [1.54, 1.807) is 17.8 Å². The van der Waals surface area contributed by atoms with Crippen molar-refractivity contribution in [1.29, 1.82) is 0 Å². The molecule has 3 aromatic rings. The molecule has 178 valence electrons. The van der Waals surface area contributed by atoms with Crippen molar-refractivity contribution in [2.45, 2.75) is 25.8 Å². The quantitative estimate of drug-likeness (QED) is 0.399. The molecule has 3 N–H and O–H groups in total. The molecule has 0 aliphatic carbocycles. The third-order valence-corrected chi connectivity index (χ3v) is 6.94. The van der Waals surface area contributed by atoms with Crippen LogP contribution in [0.2, 0.25) is 5.02 Å². The van der Waals surface area contributed by atoms with Gasteiger partial charge >= 0.3 is 6.01 Å². The van der Waals surface area contributed by atoms with Crippen LogP contribution in [-0.4, -0.2) is 23.4 Å². The average Bonchev–Trinajstić information content (AvgIpc) is 3.07. The van der Waals surface area contributed by atoms with E-state index in [9.17, 15) is 4.79 Å². The van der Waals surface area contributed by atoms with Crippen LogP contribution >= 0.6 is 23.4 Å². The molecular formula is C26H24ClN5O2S. The van der Waals surface area contributed by atoms with E-state index in [0.717, 1.165) is 28.8 Å². The number of carbonyl (C=O) groups is 1. The molecule has 1 atom stereocenters. The number of aromatic nitrogens is 1. The van der Waals surface area contributed by atoms with E-state index in [1.807, 2.05) is 49.4 Å². The topological polar surface area (TPSA) is 91.5 Å². The number of carbonyl (C=O) groups excluding carboxylic acids is 1. The van der Waals surface area contributed by atoms with Gasteiger partial charge in [-0.3, -0.25) is 10.1 Å². The highest BCUT2D eigenvalue weighted by Gasteiger charge is 2.31. The highest BCUT2D eigenvalue weighted by Crippen LogP contribution is 2.35. The summed E-state index contributed by atoms with van der Waals surface area (Å²) in [5.41, 5.74) is 3.33. The number of thioether (sulfide) groups is 1. The average molecular weight is 506 g/mol. The molecule has 2 aliphatic heterocycles. The Kier molecular flexibility index (Phi) is 6.92. The number of amides is 1. The third kappa shape index (κ3) is 5.28. The Hall–Kier alpha value is -3.49. The zero-order valence-corrected chi connectivity index (χ0v) is 20.6. The number of para-hydroxylation sites is 2. The van der Waals surface area contributed by atoms with E-state index in [2.05, 4.69) is 38.5 Å². The van der Waals surface area contributed by atoms with Gasteiger partial charge in [-0.25, -0.2) is 4.99 Å². The number of nitrogens with one attached hydrogen (secondary N) is 3. The van der Waals surface area contributed by atoms with Crippen molar-refractivity contribution in [3.63, 3.8) is 0 Å². The number of nitrogens with zero attached hydrogens (tertiary/aromatic N) is 2. The molecule has 7 nitrogen and oxygen atoms in total. The van der Waals surface area contributed by atoms with Crippen LogP contribution in [0.1, 0.15) is 31.4 Å². The van der Waals surface area contributed by atoms with Gasteiger partial charge in [-0.15, -0.1) is 11.8 Å². The number of oxazole rings is 1. The summed E-state index contributed by atoms with van der Waals surface area (Å²) in [7, 11) is 0. The number of fused-ring (bicyclic) bond motifs is 1. The van der Waals surface area contributed by atoms with Crippen molar-refractivity contribution >= 4 is 52.3 Å². The number of guanidine groups is 1. The van der Waals surface area contributed by atoms with E-state index < -0.39 is 6.04 Å². The molecule has 0 fully saturated rings. The van der Waals surface area contributed by atoms with Crippen molar-refractivity contribution in [2.75, 3.05) is 11.9 Å². The first kappa shape index (κ1) is 23.3. The summed E-state index contributed by atoms with van der Waals surface area (Å²) in [5.74, 6) is 0.224. The summed E-state index contributed by atoms with van der Waals surface area (Å²) in [4.78, 5) is 23.8. The van der Waals surface area contributed by atoms with Gasteiger partial charge in [0.15, 0.2) is 5.58 Å². The monoisotopic (exact) mass is 505 g/mol. The van der Waals surface area contributed by atoms with Gasteiger partial charge in [-0.2, -0.15) is 4.98 Å². The van der Waals surface area contributed by atoms with Gasteiger partial charge in [0.2, 0.25) is 5.96 Å². The van der Waals surface area contributed by atoms with Crippen molar-refractivity contribution in [2.24, 2.45) is 4.99 Å². The Bertz CT molecular complexity index is 1360. The normalized spacial score (nSPS) is 17.9. The van der Waals surface area contributed by atoms with Crippen molar-refractivity contribution in [3.05, 3.63) is 92.9 Å². The smallest absolute Gasteiger partial charge is 0.302 e. The summed E-state index contributed by atoms with van der Waals surface area (Å²) in [6.45, 7) is 2.31. The molecular weight excluding hydrogens is 482 g/mol. The zero-order valence-electron chi connectivity index (χ0n) is 19.0. The van der Waals surface area contributed by atoms with Crippen LogP contribution in [0.4, 0.5) is 6.01 Å². The Morgan fingerprint density at radius 2 is 2.03 bits per heavy atom. The Balaban J connectivity index is 1.42. The number of hydrogen-bond acceptors (Lipinski definition) is 7. The van der Waals surface area contributed by atoms with Gasteiger partial charge < -0.3 is 15.1 Å². The molecule has 3 heterocycles. The first-order valence-corrected chi connectivity index (χ1v) is 12.6. The van der Waals surface area contributed by atoms with Gasteiger partial charge in [0.25, 0.3) is 5.91 Å². The molecule has 0 saturated carbocycles. The maximum Gasteiger partial charge on any atom is 0.302 e. The first-order chi connectivity index (χ1) is 17.1. The van der Waals surface area contributed by atoms with Crippen LogP contribution in [0.3, 0.4) is 0 Å². The molecule has 35 heavy (non-hydrogen) atoms. The second-order valence-electron chi connectivity index (χ2n) is 8.10. The molecule has 2 aliphatic rings. The van der Waals surface area contributed by atoms with Crippen LogP contribution in [0.5, 0.6) is 0 Å². The van der Waals surface area contributed by atoms with E-state index in [0.29, 0.717) is 40.4 Å². The Morgan fingerprint density at radius 1 is 1.20 bits per heavy atom. The van der Waals surface area contributed by atoms with Gasteiger partial charge in [-0.05, 0) is 43.4 Å². The zero-order chi connectivity index (χ0) is 24.2. The van der Waals surface area contributed by atoms with Gasteiger partial charge in [0, 0.05) is 27.7 Å². The minimum absolute atomic E-state index is 0.195. The predicted octanol–water partition coefficient (Wildman–Crippen LogP) is 5.91. The van der Waals surface area contributed by atoms with Crippen LogP contribution in [0.15, 0.2) is 91.7 Å². The maximum atomic E-state index is 13.4. The first-order valence-electron chi connectivity index (χ1n) is 11.3. The lowest BCUT2D eigenvalue weighted by Crippen LogP contribution is -2.39. The SMILES string of the molecule is CC1=C(C(=O)NCC2=CCCC=CS2)C(c2ccccc2Cl)N=C(Nc2nc3ccccc3o2)N1. The molecule has 1 unspecified atom stereocenters. The van der Waals surface area contributed by atoms with Crippen molar-refractivity contribution in [3.8, 4) is 0 Å². The van der Waals surface area contributed by atoms with Gasteiger partial charge in [-0.1, -0.05) is 54.1 Å². The Labute approximate surface area is 212 Å². The van der Waals surface area contributed by atoms with Crippen LogP contribution in [-0.2, 0) is 4.79 Å². The number of allylic oxidation sites excluding steroid dienone is 3. The molecule has 1 amide bonds. The number of anilines is 1. The van der Waals surface area contributed by atoms with Crippen LogP contribution < -0.4 is 16.0 Å². The lowest BCUT2D eigenvalue weighted by Gasteiger charge is -2.27. The van der Waals surface area contributed by atoms with E-state index in [-0.39, 0.29) is 5.91 Å². The lowest BCUT2D eigenvalue weighted by molar-refractivity contribution is -0.117. The summed E-state index contributed by atoms with van der Waals surface area (Å²) in [6.07, 6.45) is 6.28. The number of benzene rings is 2. The molecule has 1 aromatic heterocycles. The molecule has 0 bridgehead atoms. The molecule has 0 radical (unpaired) electrons. The molecule has 0 spiro atoms.